The first kappa shape index (κ1) is 42.6. The number of hydrogen-bond donors (Lipinski definition) is 1. The summed E-state index contributed by atoms with van der Waals surface area (Å²) >= 11 is 0. The third-order valence-electron chi connectivity index (χ3n) is 6.54. The Hall–Kier alpha value is -5.42. The van der Waals surface area contributed by atoms with E-state index in [1.54, 1.807) is 13.8 Å². The minimum Gasteiger partial charge on any atom is -0.463 e. The molecule has 2 heterocycles. The summed E-state index contributed by atoms with van der Waals surface area (Å²) in [5, 5.41) is 7.89. The number of carbonyl (C=O) groups excluding carboxylic acids is 6. The summed E-state index contributed by atoms with van der Waals surface area (Å²) in [4.78, 5) is 81.3. The highest BCUT2D eigenvalue weighted by Gasteiger charge is 2.56. The predicted molar refractivity (Wildman–Crippen MR) is 162 cm³/mol. The average Bonchev–Trinajstić information content (AvgIpc) is 3.01. The molecule has 2 aliphatic heterocycles. The van der Waals surface area contributed by atoms with Crippen LogP contribution in [-0.4, -0.2) is 103 Å². The third kappa shape index (κ3) is 14.0. The topological polar surface area (TPSA) is 244 Å². The molecule has 2 aliphatic rings. The van der Waals surface area contributed by atoms with E-state index in [1.807, 2.05) is 12.0 Å². The van der Waals surface area contributed by atoms with E-state index >= 15 is 0 Å². The van der Waals surface area contributed by atoms with Crippen LogP contribution in [0.1, 0.15) is 56.3 Å². The van der Waals surface area contributed by atoms with Gasteiger partial charge in [-0.25, -0.2) is 4.79 Å². The van der Waals surface area contributed by atoms with E-state index in [9.17, 15) is 28.8 Å². The van der Waals surface area contributed by atoms with Crippen molar-refractivity contribution in [3.63, 3.8) is 0 Å². The molecule has 276 valence electrons. The van der Waals surface area contributed by atoms with Crippen molar-refractivity contribution in [3.05, 3.63) is 4.91 Å². The van der Waals surface area contributed by atoms with Crippen molar-refractivity contribution in [2.24, 2.45) is 11.3 Å². The molecule has 0 saturated carbocycles. The third-order valence-corrected chi connectivity index (χ3v) is 6.54. The van der Waals surface area contributed by atoms with Crippen LogP contribution in [0.15, 0.2) is 5.34 Å². The van der Waals surface area contributed by atoms with Crippen LogP contribution in [0, 0.1) is 47.0 Å². The van der Waals surface area contributed by atoms with E-state index in [0.29, 0.717) is 6.42 Å². The highest BCUT2D eigenvalue weighted by molar-refractivity contribution is 5.68. The summed E-state index contributed by atoms with van der Waals surface area (Å²) in [7, 11) is 0. The summed E-state index contributed by atoms with van der Waals surface area (Å²) < 4.78 is 55.2. The van der Waals surface area contributed by atoms with Gasteiger partial charge in [0.1, 0.15) is 24.9 Å². The van der Waals surface area contributed by atoms with Gasteiger partial charge in [-0.2, -0.15) is 0 Å². The van der Waals surface area contributed by atoms with Crippen LogP contribution in [-0.2, 0) is 71.3 Å². The minimum atomic E-state index is -1.76. The molecule has 0 amide bonds. The number of rotatable bonds is 10. The van der Waals surface area contributed by atoms with Gasteiger partial charge in [-0.3, -0.25) is 24.0 Å². The molecule has 0 radical (unpaired) electrons. The number of terminal acetylenes is 1. The van der Waals surface area contributed by atoms with Crippen LogP contribution in [0.2, 0.25) is 0 Å². The van der Waals surface area contributed by atoms with E-state index in [1.165, 1.54) is 5.34 Å². The SMILES string of the molecule is C#CC#CC#COC(=O)O[C@H]1[C@H](OC(C)=O)[C@@H](O[C@@H]2[C@@H](OC(C)=O)O[C@@H](CC)[C@@H](C)[C@@H]2OC(C)=O)O[C@H](COC(C)=O)[C@H]1OC(C)=O.O=NO.[HH]. The molecule has 10 atom stereocenters. The predicted octanol–water partition coefficient (Wildman–Crippen LogP) is 1.30. The molecule has 2 rings (SSSR count). The number of ether oxygens (including phenoxy) is 10. The molecule has 2 fully saturated rings. The van der Waals surface area contributed by atoms with E-state index in [0.717, 1.165) is 34.6 Å². The molecule has 0 aromatic rings. The van der Waals surface area contributed by atoms with Gasteiger partial charge in [0.15, 0.2) is 36.0 Å². The Bertz CT molecular complexity index is 1410. The Morgan fingerprint density at radius 2 is 1.26 bits per heavy atom. The largest absolute Gasteiger partial charge is 0.523 e. The zero-order valence-corrected chi connectivity index (χ0v) is 28.1. The van der Waals surface area contributed by atoms with Gasteiger partial charge in [-0.15, -0.1) is 11.3 Å². The Labute approximate surface area is 288 Å². The Balaban J connectivity index is 0.00000602. The maximum absolute atomic E-state index is 12.7. The lowest BCUT2D eigenvalue weighted by Gasteiger charge is -2.48. The molecule has 19 nitrogen and oxygen atoms in total. The van der Waals surface area contributed by atoms with Crippen molar-refractivity contribution in [1.29, 1.82) is 0 Å². The van der Waals surface area contributed by atoms with Crippen molar-refractivity contribution in [1.82, 2.24) is 0 Å². The monoisotopic (exact) mass is 713 g/mol. The van der Waals surface area contributed by atoms with Gasteiger partial charge in [0.05, 0.1) is 6.10 Å². The second-order valence-corrected chi connectivity index (χ2v) is 10.2. The van der Waals surface area contributed by atoms with Crippen molar-refractivity contribution in [3.8, 4) is 36.2 Å². The Kier molecular flexibility index (Phi) is 18.3. The molecule has 0 aromatic heterocycles. The van der Waals surface area contributed by atoms with E-state index in [4.69, 9.17) is 63.9 Å². The van der Waals surface area contributed by atoms with E-state index in [-0.39, 0.29) is 1.43 Å². The van der Waals surface area contributed by atoms with Crippen molar-refractivity contribution >= 4 is 36.0 Å². The summed E-state index contributed by atoms with van der Waals surface area (Å²) in [6.45, 7) is 8.39. The molecular weight excluding hydrogens is 674 g/mol. The van der Waals surface area contributed by atoms with Gasteiger partial charge in [-0.1, -0.05) is 13.8 Å². The highest BCUT2D eigenvalue weighted by Crippen LogP contribution is 2.37. The molecule has 0 aromatic carbocycles. The molecular formula is C31H39NO18. The van der Waals surface area contributed by atoms with Gasteiger partial charge in [0.2, 0.25) is 6.29 Å². The molecule has 1 N–H and O–H groups in total. The standard InChI is InChI=1S/C31H36O16.HNO2.H2/c1-9-11-12-13-14-38-31(37)47-26-25(41-19(6)34)23(15-39-17(4)32)45-30(28(26)42-20(7)35)46-27-24(40-18(5)33)16(3)22(10-2)44-29(27)43-21(8)36;2-1-3;/h1,16,22-30H,10,15H2,2-8H3;(H,2,3);1H/t16-,22+,23-,24+,25-,26-,27+,28+,29+,30-;;/m1../s1. The average molecular weight is 714 g/mol. The van der Waals surface area contributed by atoms with Crippen LogP contribution in [0.25, 0.3) is 0 Å². The lowest BCUT2D eigenvalue weighted by atomic mass is 9.88. The molecule has 2 saturated heterocycles. The van der Waals surface area contributed by atoms with Crippen LogP contribution >= 0.6 is 0 Å². The fourth-order valence-corrected chi connectivity index (χ4v) is 4.83. The first-order valence-corrected chi connectivity index (χ1v) is 14.7. The van der Waals surface area contributed by atoms with Crippen molar-refractivity contribution in [2.45, 2.75) is 110 Å². The van der Waals surface area contributed by atoms with Gasteiger partial charge in [0.25, 0.3) is 0 Å². The summed E-state index contributed by atoms with van der Waals surface area (Å²) in [6, 6.07) is 0. The molecule has 0 unspecified atom stereocenters. The van der Waals surface area contributed by atoms with Crippen molar-refractivity contribution < 1.29 is 82.8 Å². The fourth-order valence-electron chi connectivity index (χ4n) is 4.83. The van der Waals surface area contributed by atoms with Crippen LogP contribution in [0.4, 0.5) is 4.79 Å². The lowest BCUT2D eigenvalue weighted by Crippen LogP contribution is -2.65. The lowest BCUT2D eigenvalue weighted by molar-refractivity contribution is -0.357. The number of carbonyl (C=O) groups is 6. The van der Waals surface area contributed by atoms with Crippen LogP contribution in [0.3, 0.4) is 0 Å². The second-order valence-electron chi connectivity index (χ2n) is 10.2. The normalized spacial score (nSPS) is 27.9. The zero-order valence-electron chi connectivity index (χ0n) is 28.1. The second kappa shape index (κ2) is 21.5. The molecule has 0 spiro atoms. The van der Waals surface area contributed by atoms with Gasteiger partial charge in [0, 0.05) is 53.8 Å². The smallest absolute Gasteiger partial charge is 0.463 e. The Morgan fingerprint density at radius 3 is 1.78 bits per heavy atom. The molecule has 19 heteroatoms. The quantitative estimate of drug-likeness (QED) is 0.110. The Morgan fingerprint density at radius 1 is 0.720 bits per heavy atom. The summed E-state index contributed by atoms with van der Waals surface area (Å²) in [5.74, 6) is 3.99. The first-order valence-electron chi connectivity index (χ1n) is 14.7. The number of hydrogen-bond acceptors (Lipinski definition) is 18. The maximum atomic E-state index is 12.7. The maximum Gasteiger partial charge on any atom is 0.523 e. The van der Waals surface area contributed by atoms with Crippen molar-refractivity contribution in [2.75, 3.05) is 6.61 Å². The summed E-state index contributed by atoms with van der Waals surface area (Å²) in [5.41, 5.74) is 0. The minimum absolute atomic E-state index is 0. The van der Waals surface area contributed by atoms with E-state index in [2.05, 4.69) is 17.8 Å². The summed E-state index contributed by atoms with van der Waals surface area (Å²) in [6.07, 6.45) is -6.87. The molecule has 0 bridgehead atoms. The van der Waals surface area contributed by atoms with Crippen LogP contribution in [0.5, 0.6) is 0 Å². The number of esters is 5. The molecule has 0 aliphatic carbocycles. The van der Waals surface area contributed by atoms with E-state index < -0.39 is 104 Å². The first-order chi connectivity index (χ1) is 23.6. The van der Waals surface area contributed by atoms with Gasteiger partial charge < -0.3 is 52.6 Å². The number of nitrogens with zero attached hydrogens (tertiary/aromatic N) is 1. The van der Waals surface area contributed by atoms with Gasteiger partial charge in [-0.05, 0) is 18.3 Å². The zero-order chi connectivity index (χ0) is 38.0. The van der Waals surface area contributed by atoms with Crippen LogP contribution < -0.4 is 0 Å². The van der Waals surface area contributed by atoms with Gasteiger partial charge >= 0.3 is 36.0 Å². The molecule has 50 heavy (non-hydrogen) atoms. The fraction of sp³-hybridized carbons (Fsp3) is 0.613. The highest BCUT2D eigenvalue weighted by atomic mass is 16.8.